The zero-order valence-electron chi connectivity index (χ0n) is 6.30. The molecule has 2 fully saturated rings. The molecule has 52 valence electrons. The Kier molecular flexibility index (Phi) is 1.10. The molecule has 0 bridgehead atoms. The van der Waals surface area contributed by atoms with Crippen LogP contribution in [-0.4, -0.2) is 24.0 Å². The monoisotopic (exact) mass is 125 g/mol. The van der Waals surface area contributed by atoms with Crippen molar-refractivity contribution in [3.8, 4) is 0 Å². The summed E-state index contributed by atoms with van der Waals surface area (Å²) in [6, 6.07) is 1.84. The molecule has 0 spiro atoms. The van der Waals surface area contributed by atoms with Crippen molar-refractivity contribution in [2.45, 2.75) is 38.3 Å². The minimum Gasteiger partial charge on any atom is -0.300 e. The molecule has 9 heavy (non-hydrogen) atoms. The highest BCUT2D eigenvalue weighted by molar-refractivity contribution is 4.96. The lowest BCUT2D eigenvalue weighted by molar-refractivity contribution is 0.154. The van der Waals surface area contributed by atoms with Gasteiger partial charge in [0.25, 0.3) is 0 Å². The summed E-state index contributed by atoms with van der Waals surface area (Å²) < 4.78 is 0. The van der Waals surface area contributed by atoms with Crippen molar-refractivity contribution in [3.63, 3.8) is 0 Å². The van der Waals surface area contributed by atoms with Gasteiger partial charge in [-0.05, 0) is 39.2 Å². The molecule has 0 amide bonds. The first kappa shape index (κ1) is 5.72. The highest BCUT2D eigenvalue weighted by atomic mass is 15.2. The van der Waals surface area contributed by atoms with Crippen LogP contribution in [-0.2, 0) is 0 Å². The molecule has 3 atom stereocenters. The molecule has 1 saturated carbocycles. The molecule has 0 radical (unpaired) electrons. The maximum atomic E-state index is 2.55. The minimum absolute atomic E-state index is 0.863. The molecule has 1 heterocycles. The van der Waals surface area contributed by atoms with E-state index in [-0.39, 0.29) is 0 Å². The zero-order chi connectivity index (χ0) is 6.43. The number of likely N-dealkylation sites (tertiary alicyclic amines) is 1. The van der Waals surface area contributed by atoms with E-state index in [4.69, 9.17) is 0 Å². The maximum absolute atomic E-state index is 2.55. The van der Waals surface area contributed by atoms with Crippen molar-refractivity contribution in [3.05, 3.63) is 0 Å². The molecule has 0 N–H and O–H groups in total. The summed E-state index contributed by atoms with van der Waals surface area (Å²) in [5.41, 5.74) is 0. The molecule has 1 nitrogen and oxygen atoms in total. The predicted octanol–water partition coefficient (Wildman–Crippen LogP) is 1.49. The molecule has 0 aromatic heterocycles. The van der Waals surface area contributed by atoms with Gasteiger partial charge in [-0.1, -0.05) is 0 Å². The summed E-state index contributed by atoms with van der Waals surface area (Å²) in [6.45, 7) is 2.35. The molecule has 1 aliphatic carbocycles. The average Bonchev–Trinajstić information content (AvgIpc) is 1.92. The number of fused-ring (bicyclic) bond motifs is 1. The Bertz CT molecular complexity index is 118. The van der Waals surface area contributed by atoms with E-state index in [2.05, 4.69) is 18.9 Å². The standard InChI is InChI=1S/C8H15N/c1-6-5-7-3-4-8(7)9(6)2/h6-8H,3-5H2,1-2H3/t6-,7-,8-/m1/s1. The summed E-state index contributed by atoms with van der Waals surface area (Å²) in [7, 11) is 2.27. The molecule has 1 saturated heterocycles. The largest absolute Gasteiger partial charge is 0.300 e. The van der Waals surface area contributed by atoms with Crippen molar-refractivity contribution in [2.24, 2.45) is 5.92 Å². The summed E-state index contributed by atoms with van der Waals surface area (Å²) in [5, 5.41) is 0. The van der Waals surface area contributed by atoms with E-state index in [1.807, 2.05) is 0 Å². The Hall–Kier alpha value is -0.0400. The fourth-order valence-electron chi connectivity index (χ4n) is 2.29. The zero-order valence-corrected chi connectivity index (χ0v) is 6.30. The summed E-state index contributed by atoms with van der Waals surface area (Å²) >= 11 is 0. The Balaban J connectivity index is 2.07. The summed E-state index contributed by atoms with van der Waals surface area (Å²) in [5.74, 6) is 1.07. The van der Waals surface area contributed by atoms with Crippen LogP contribution < -0.4 is 0 Å². The smallest absolute Gasteiger partial charge is 0.0124 e. The van der Waals surface area contributed by atoms with Gasteiger partial charge in [0.2, 0.25) is 0 Å². The van der Waals surface area contributed by atoms with Gasteiger partial charge >= 0.3 is 0 Å². The first-order valence-corrected chi connectivity index (χ1v) is 4.01. The second kappa shape index (κ2) is 1.72. The molecule has 1 aliphatic heterocycles. The van der Waals surface area contributed by atoms with Gasteiger partial charge in [-0.2, -0.15) is 0 Å². The van der Waals surface area contributed by atoms with Crippen molar-refractivity contribution < 1.29 is 0 Å². The molecule has 0 aromatic carbocycles. The van der Waals surface area contributed by atoms with Crippen molar-refractivity contribution in [2.75, 3.05) is 7.05 Å². The van der Waals surface area contributed by atoms with Crippen LogP contribution in [0.5, 0.6) is 0 Å². The van der Waals surface area contributed by atoms with E-state index in [9.17, 15) is 0 Å². The lowest BCUT2D eigenvalue weighted by atomic mass is 9.80. The fraction of sp³-hybridized carbons (Fsp3) is 1.00. The number of hydrogen-bond donors (Lipinski definition) is 0. The maximum Gasteiger partial charge on any atom is 0.0124 e. The van der Waals surface area contributed by atoms with Gasteiger partial charge in [0.05, 0.1) is 0 Å². The van der Waals surface area contributed by atoms with Crippen LogP contribution in [0, 0.1) is 5.92 Å². The third kappa shape index (κ3) is 0.644. The topological polar surface area (TPSA) is 3.24 Å². The molecular formula is C8H15N. The van der Waals surface area contributed by atoms with E-state index in [0.29, 0.717) is 0 Å². The van der Waals surface area contributed by atoms with Crippen LogP contribution >= 0.6 is 0 Å². The molecule has 1 heteroatoms. The normalized spacial score (nSPS) is 50.7. The van der Waals surface area contributed by atoms with E-state index < -0.39 is 0 Å². The van der Waals surface area contributed by atoms with E-state index in [1.165, 1.54) is 19.3 Å². The SMILES string of the molecule is C[C@@H]1C[C@H]2CC[C@H]2N1C. The molecule has 0 aromatic rings. The second-order valence-corrected chi connectivity index (χ2v) is 3.65. The van der Waals surface area contributed by atoms with Crippen LogP contribution in [0.1, 0.15) is 26.2 Å². The van der Waals surface area contributed by atoms with E-state index in [1.54, 1.807) is 0 Å². The lowest BCUT2D eigenvalue weighted by Crippen LogP contribution is -2.38. The highest BCUT2D eigenvalue weighted by Crippen LogP contribution is 2.42. The minimum atomic E-state index is 0.863. The van der Waals surface area contributed by atoms with Gasteiger partial charge in [0.1, 0.15) is 0 Å². The lowest BCUT2D eigenvalue weighted by Gasteiger charge is -2.34. The number of rotatable bonds is 0. The Morgan fingerprint density at radius 2 is 2.11 bits per heavy atom. The van der Waals surface area contributed by atoms with Gasteiger partial charge in [0.15, 0.2) is 0 Å². The van der Waals surface area contributed by atoms with Crippen molar-refractivity contribution in [1.82, 2.24) is 4.90 Å². The van der Waals surface area contributed by atoms with Crippen LogP contribution in [0.4, 0.5) is 0 Å². The Labute approximate surface area is 57.0 Å². The fourth-order valence-corrected chi connectivity index (χ4v) is 2.29. The third-order valence-electron chi connectivity index (χ3n) is 3.24. The first-order valence-electron chi connectivity index (χ1n) is 4.01. The first-order chi connectivity index (χ1) is 4.29. The van der Waals surface area contributed by atoms with Crippen LogP contribution in [0.25, 0.3) is 0 Å². The summed E-state index contributed by atoms with van der Waals surface area (Å²) in [4.78, 5) is 2.55. The van der Waals surface area contributed by atoms with E-state index >= 15 is 0 Å². The molecule has 2 aliphatic rings. The second-order valence-electron chi connectivity index (χ2n) is 3.65. The van der Waals surface area contributed by atoms with Gasteiger partial charge < -0.3 is 4.90 Å². The number of nitrogens with zero attached hydrogens (tertiary/aromatic N) is 1. The van der Waals surface area contributed by atoms with Gasteiger partial charge in [0, 0.05) is 12.1 Å². The Morgan fingerprint density at radius 1 is 1.33 bits per heavy atom. The third-order valence-corrected chi connectivity index (χ3v) is 3.24. The average molecular weight is 125 g/mol. The highest BCUT2D eigenvalue weighted by Gasteiger charge is 2.42. The molecule has 2 rings (SSSR count). The van der Waals surface area contributed by atoms with E-state index in [0.717, 1.165) is 18.0 Å². The quantitative estimate of drug-likeness (QED) is 0.474. The van der Waals surface area contributed by atoms with Gasteiger partial charge in [-0.3, -0.25) is 0 Å². The predicted molar refractivity (Wildman–Crippen MR) is 38.4 cm³/mol. The van der Waals surface area contributed by atoms with Crippen LogP contribution in [0.3, 0.4) is 0 Å². The molecular weight excluding hydrogens is 110 g/mol. The summed E-state index contributed by atoms with van der Waals surface area (Å²) in [6.07, 6.45) is 4.42. The number of hydrogen-bond acceptors (Lipinski definition) is 1. The van der Waals surface area contributed by atoms with Crippen molar-refractivity contribution in [1.29, 1.82) is 0 Å². The van der Waals surface area contributed by atoms with Crippen LogP contribution in [0.15, 0.2) is 0 Å². The Morgan fingerprint density at radius 3 is 2.33 bits per heavy atom. The van der Waals surface area contributed by atoms with Crippen LogP contribution in [0.2, 0.25) is 0 Å². The van der Waals surface area contributed by atoms with Gasteiger partial charge in [-0.15, -0.1) is 0 Å². The van der Waals surface area contributed by atoms with Gasteiger partial charge in [-0.25, -0.2) is 0 Å². The molecule has 0 unspecified atom stereocenters. The van der Waals surface area contributed by atoms with Crippen molar-refractivity contribution >= 4 is 0 Å².